The summed E-state index contributed by atoms with van der Waals surface area (Å²) in [7, 11) is 0. The summed E-state index contributed by atoms with van der Waals surface area (Å²) in [5.74, 6) is 0.761. The van der Waals surface area contributed by atoms with Gasteiger partial charge in [-0.15, -0.1) is 0 Å². The molecule has 0 N–H and O–H groups in total. The fourth-order valence-corrected chi connectivity index (χ4v) is 2.08. The van der Waals surface area contributed by atoms with Crippen LogP contribution in [0.1, 0.15) is 19.3 Å². The van der Waals surface area contributed by atoms with Crippen molar-refractivity contribution in [2.75, 3.05) is 0 Å². The Balaban J connectivity index is 2.34. The highest BCUT2D eigenvalue weighted by Crippen LogP contribution is 2.38. The Labute approximate surface area is 65.3 Å². The molecule has 0 radical (unpaired) electrons. The molecule has 2 aliphatic carbocycles. The number of hydrogen-bond donors (Lipinski definition) is 0. The molecule has 0 aliphatic heterocycles. The molecule has 0 aromatic heterocycles. The molecule has 2 heteroatoms. The summed E-state index contributed by atoms with van der Waals surface area (Å²) in [6.45, 7) is 0. The molecule has 0 heterocycles. The number of carbonyl (C=O) groups excluding carboxylic acids is 2. The summed E-state index contributed by atoms with van der Waals surface area (Å²) in [6, 6.07) is 0. The lowest BCUT2D eigenvalue weighted by Crippen LogP contribution is -2.18. The van der Waals surface area contributed by atoms with Crippen LogP contribution in [-0.4, -0.2) is 12.1 Å². The van der Waals surface area contributed by atoms with Gasteiger partial charge in [-0.05, 0) is 25.2 Å². The Kier molecular flexibility index (Phi) is 1.41. The first-order chi connectivity index (χ1) is 5.31. The zero-order valence-corrected chi connectivity index (χ0v) is 6.25. The van der Waals surface area contributed by atoms with E-state index >= 15 is 0 Å². The fourth-order valence-electron chi connectivity index (χ4n) is 2.08. The average Bonchev–Trinajstić information content (AvgIpc) is 2.42. The number of Topliss-reactive ketones (excluding diaryl/α,β-unsaturated/α-hetero) is 1. The molecule has 11 heavy (non-hydrogen) atoms. The van der Waals surface area contributed by atoms with Crippen LogP contribution in [0.4, 0.5) is 0 Å². The molecule has 0 saturated heterocycles. The number of aldehydes is 1. The maximum Gasteiger partial charge on any atom is 0.168 e. The van der Waals surface area contributed by atoms with Crippen LogP contribution in [0.5, 0.6) is 0 Å². The quantitative estimate of drug-likeness (QED) is 0.414. The van der Waals surface area contributed by atoms with Gasteiger partial charge in [-0.2, -0.15) is 0 Å². The van der Waals surface area contributed by atoms with Crippen molar-refractivity contribution in [1.82, 2.24) is 0 Å². The number of ketones is 1. The van der Waals surface area contributed by atoms with Gasteiger partial charge in [0.25, 0.3) is 0 Å². The maximum atomic E-state index is 11.3. The molecule has 2 nitrogen and oxygen atoms in total. The van der Waals surface area contributed by atoms with Crippen LogP contribution >= 0.6 is 0 Å². The van der Waals surface area contributed by atoms with Gasteiger partial charge in [-0.25, -0.2) is 0 Å². The molecule has 0 amide bonds. The van der Waals surface area contributed by atoms with Gasteiger partial charge >= 0.3 is 0 Å². The molecule has 2 unspecified atom stereocenters. The molecular formula is C9H10O2. The first kappa shape index (κ1) is 6.77. The van der Waals surface area contributed by atoms with Crippen molar-refractivity contribution < 1.29 is 9.59 Å². The van der Waals surface area contributed by atoms with Crippen molar-refractivity contribution in [3.05, 3.63) is 11.6 Å². The zero-order valence-electron chi connectivity index (χ0n) is 6.25. The van der Waals surface area contributed by atoms with Crippen LogP contribution in [0.3, 0.4) is 0 Å². The monoisotopic (exact) mass is 150 g/mol. The van der Waals surface area contributed by atoms with Crippen molar-refractivity contribution in [2.24, 2.45) is 11.8 Å². The minimum absolute atomic E-state index is 0.0775. The summed E-state index contributed by atoms with van der Waals surface area (Å²) in [4.78, 5) is 21.7. The second-order valence-corrected chi connectivity index (χ2v) is 3.37. The Morgan fingerprint density at radius 2 is 2.27 bits per heavy atom. The minimum atomic E-state index is 0.0775. The third-order valence-corrected chi connectivity index (χ3v) is 2.67. The maximum absolute atomic E-state index is 11.3. The first-order valence-corrected chi connectivity index (χ1v) is 4.02. The lowest BCUT2D eigenvalue weighted by Gasteiger charge is -2.13. The van der Waals surface area contributed by atoms with Gasteiger partial charge in [0.1, 0.15) is 0 Å². The van der Waals surface area contributed by atoms with Crippen molar-refractivity contribution in [1.29, 1.82) is 0 Å². The zero-order chi connectivity index (χ0) is 7.84. The van der Waals surface area contributed by atoms with E-state index in [-0.39, 0.29) is 11.7 Å². The lowest BCUT2D eigenvalue weighted by atomic mass is 9.89. The Morgan fingerprint density at radius 3 is 3.00 bits per heavy atom. The molecule has 1 saturated carbocycles. The van der Waals surface area contributed by atoms with Crippen molar-refractivity contribution >= 4 is 12.1 Å². The molecule has 2 bridgehead atoms. The van der Waals surface area contributed by atoms with Crippen LogP contribution in [0, 0.1) is 11.8 Å². The van der Waals surface area contributed by atoms with Gasteiger partial charge in [0.2, 0.25) is 0 Å². The van der Waals surface area contributed by atoms with Crippen LogP contribution in [0.2, 0.25) is 0 Å². The van der Waals surface area contributed by atoms with E-state index in [9.17, 15) is 9.59 Å². The molecule has 0 aromatic rings. The van der Waals surface area contributed by atoms with Crippen LogP contribution in [-0.2, 0) is 9.59 Å². The van der Waals surface area contributed by atoms with Gasteiger partial charge in [0.05, 0.1) is 5.57 Å². The van der Waals surface area contributed by atoms with Gasteiger partial charge in [-0.3, -0.25) is 9.59 Å². The van der Waals surface area contributed by atoms with E-state index < -0.39 is 0 Å². The molecule has 1 fully saturated rings. The Morgan fingerprint density at radius 1 is 1.45 bits per heavy atom. The Bertz CT molecular complexity index is 240. The first-order valence-electron chi connectivity index (χ1n) is 4.02. The topological polar surface area (TPSA) is 34.1 Å². The van der Waals surface area contributed by atoms with E-state index in [0.717, 1.165) is 19.3 Å². The third kappa shape index (κ3) is 0.934. The van der Waals surface area contributed by atoms with Crippen molar-refractivity contribution in [3.8, 4) is 0 Å². The molecule has 2 rings (SSSR count). The van der Waals surface area contributed by atoms with E-state index in [1.54, 1.807) is 0 Å². The summed E-state index contributed by atoms with van der Waals surface area (Å²) in [5.41, 5.74) is 0.420. The molecule has 2 aliphatic rings. The number of fused-ring (bicyclic) bond motifs is 2. The van der Waals surface area contributed by atoms with Gasteiger partial charge < -0.3 is 0 Å². The number of hydrogen-bond acceptors (Lipinski definition) is 2. The van der Waals surface area contributed by atoms with E-state index in [1.165, 1.54) is 0 Å². The van der Waals surface area contributed by atoms with Crippen LogP contribution in [0.25, 0.3) is 0 Å². The molecule has 0 spiro atoms. The van der Waals surface area contributed by atoms with E-state index in [0.29, 0.717) is 17.8 Å². The predicted molar refractivity (Wildman–Crippen MR) is 40.0 cm³/mol. The molecular weight excluding hydrogens is 140 g/mol. The number of rotatable bonds is 1. The summed E-state index contributed by atoms with van der Waals surface area (Å²) in [5, 5.41) is 0. The van der Waals surface area contributed by atoms with Crippen molar-refractivity contribution in [3.63, 3.8) is 0 Å². The van der Waals surface area contributed by atoms with Crippen LogP contribution < -0.4 is 0 Å². The lowest BCUT2D eigenvalue weighted by molar-refractivity contribution is -0.121. The SMILES string of the molecule is O=CC1=CC2CCC(C2)C1=O. The van der Waals surface area contributed by atoms with Crippen molar-refractivity contribution in [2.45, 2.75) is 19.3 Å². The predicted octanol–water partition coefficient (Wildman–Crippen LogP) is 1.11. The fraction of sp³-hybridized carbons (Fsp3) is 0.556. The third-order valence-electron chi connectivity index (χ3n) is 2.67. The summed E-state index contributed by atoms with van der Waals surface area (Å²) < 4.78 is 0. The van der Waals surface area contributed by atoms with E-state index in [2.05, 4.69) is 0 Å². The van der Waals surface area contributed by atoms with E-state index in [1.807, 2.05) is 6.08 Å². The van der Waals surface area contributed by atoms with Gasteiger partial charge in [-0.1, -0.05) is 6.08 Å². The normalized spacial score (nSPS) is 35.3. The summed E-state index contributed by atoms with van der Waals surface area (Å²) >= 11 is 0. The molecule has 58 valence electrons. The minimum Gasteiger partial charge on any atom is -0.298 e. The standard InChI is InChI=1S/C9H10O2/c10-5-8-4-6-1-2-7(3-6)9(8)11/h4-7H,1-3H2. The smallest absolute Gasteiger partial charge is 0.168 e. The summed E-state index contributed by atoms with van der Waals surface area (Å²) in [6.07, 6.45) is 5.60. The average molecular weight is 150 g/mol. The highest BCUT2D eigenvalue weighted by Gasteiger charge is 2.34. The van der Waals surface area contributed by atoms with Gasteiger partial charge in [0.15, 0.2) is 12.1 Å². The second kappa shape index (κ2) is 2.29. The second-order valence-electron chi connectivity index (χ2n) is 3.37. The van der Waals surface area contributed by atoms with Gasteiger partial charge in [0, 0.05) is 5.92 Å². The van der Waals surface area contributed by atoms with Crippen LogP contribution in [0.15, 0.2) is 11.6 Å². The highest BCUT2D eigenvalue weighted by atomic mass is 16.1. The van der Waals surface area contributed by atoms with E-state index in [4.69, 9.17) is 0 Å². The largest absolute Gasteiger partial charge is 0.298 e. The highest BCUT2D eigenvalue weighted by molar-refractivity contribution is 6.13. The molecule has 2 atom stereocenters. The number of allylic oxidation sites excluding steroid dienone is 2. The molecule has 0 aromatic carbocycles. The number of carbonyl (C=O) groups is 2. The Hall–Kier alpha value is -0.920.